The smallest absolute Gasteiger partial charge is 0.171 e. The zero-order valence-corrected chi connectivity index (χ0v) is 23.9. The third kappa shape index (κ3) is 3.91. The van der Waals surface area contributed by atoms with Crippen LogP contribution in [-0.4, -0.2) is 40.9 Å². The number of rotatable bonds is 2. The fraction of sp³-hybridized carbons (Fsp3) is 0.636. The molecule has 38 heavy (non-hydrogen) atoms. The van der Waals surface area contributed by atoms with Crippen LogP contribution in [0.25, 0.3) is 11.1 Å². The highest BCUT2D eigenvalue weighted by Gasteiger charge is 2.60. The molecule has 6 atom stereocenters. The average Bonchev–Trinajstić information content (AvgIpc) is 3.54. The SMILES string of the molecule is CC1(C)COC2(CCC3=C4[C@@H](CC[C@@]3(O)C2)[C@@H]2CC[C@H](O)[C@@]2(C)C[C@@H]4c2ccc(-c3ccsc3)cc2)OC1. The molecular weight excluding hydrogens is 492 g/mol. The predicted octanol–water partition coefficient (Wildman–Crippen LogP) is 7.07. The second-order valence-electron chi connectivity index (χ2n) is 14.0. The van der Waals surface area contributed by atoms with Gasteiger partial charge in [0.25, 0.3) is 0 Å². The number of hydrogen-bond donors (Lipinski definition) is 2. The van der Waals surface area contributed by atoms with Gasteiger partial charge in [-0.2, -0.15) is 11.3 Å². The molecular formula is C33H42O4S. The molecule has 0 amide bonds. The van der Waals surface area contributed by atoms with E-state index in [2.05, 4.69) is 61.9 Å². The van der Waals surface area contributed by atoms with E-state index in [1.54, 1.807) is 11.3 Å². The van der Waals surface area contributed by atoms with Crippen LogP contribution in [0.15, 0.2) is 52.2 Å². The molecule has 2 aromatic rings. The Morgan fingerprint density at radius 3 is 2.39 bits per heavy atom. The number of aliphatic hydroxyl groups excluding tert-OH is 1. The maximum absolute atomic E-state index is 12.3. The minimum absolute atomic E-state index is 0.0156. The standard InChI is InChI=1S/C33H42O4S/c1-30(2)19-36-33(37-20-30)14-11-27-29-24(10-13-32(27,35)18-33)26-8-9-28(34)31(26,3)16-25(29)22-6-4-21(5-7-22)23-12-15-38-17-23/h4-7,12,15,17,24-26,28,34-35H,8-11,13-14,16,18-20H2,1-3H3/t24-,25+,26-,28-,31-,32+/m0/s1. The molecule has 3 saturated carbocycles. The summed E-state index contributed by atoms with van der Waals surface area (Å²) < 4.78 is 12.8. The first kappa shape index (κ1) is 25.5. The largest absolute Gasteiger partial charge is 0.393 e. The van der Waals surface area contributed by atoms with E-state index in [0.717, 1.165) is 44.9 Å². The van der Waals surface area contributed by atoms with Crippen molar-refractivity contribution < 1.29 is 19.7 Å². The molecule has 5 heteroatoms. The molecule has 4 nitrogen and oxygen atoms in total. The van der Waals surface area contributed by atoms with Gasteiger partial charge in [0.2, 0.25) is 0 Å². The molecule has 204 valence electrons. The van der Waals surface area contributed by atoms with Gasteiger partial charge >= 0.3 is 0 Å². The molecule has 0 bridgehead atoms. The first-order valence-corrected chi connectivity index (χ1v) is 15.6. The van der Waals surface area contributed by atoms with E-state index >= 15 is 0 Å². The highest BCUT2D eigenvalue weighted by atomic mass is 32.1. The van der Waals surface area contributed by atoms with Crippen LogP contribution in [0, 0.1) is 22.7 Å². The zero-order valence-electron chi connectivity index (χ0n) is 23.0. The van der Waals surface area contributed by atoms with E-state index < -0.39 is 11.4 Å². The van der Waals surface area contributed by atoms with E-state index in [0.29, 0.717) is 31.5 Å². The summed E-state index contributed by atoms with van der Waals surface area (Å²) in [6.45, 7) is 8.05. The molecule has 1 aromatic carbocycles. The first-order valence-electron chi connectivity index (χ1n) is 14.7. The lowest BCUT2D eigenvalue weighted by atomic mass is 9.51. The van der Waals surface area contributed by atoms with E-state index in [1.165, 1.54) is 27.8 Å². The maximum atomic E-state index is 12.3. The van der Waals surface area contributed by atoms with Crippen molar-refractivity contribution >= 4 is 11.3 Å². The van der Waals surface area contributed by atoms with Crippen molar-refractivity contribution in [2.45, 2.75) is 95.5 Å². The quantitative estimate of drug-likeness (QED) is 0.405. The van der Waals surface area contributed by atoms with Gasteiger partial charge in [0.1, 0.15) is 0 Å². The second-order valence-corrected chi connectivity index (χ2v) is 14.8. The summed E-state index contributed by atoms with van der Waals surface area (Å²) in [6, 6.07) is 11.3. The molecule has 4 fully saturated rings. The Hall–Kier alpha value is -1.50. The molecule has 7 rings (SSSR count). The fourth-order valence-electron chi connectivity index (χ4n) is 8.86. The highest BCUT2D eigenvalue weighted by Crippen LogP contribution is 2.65. The van der Waals surface area contributed by atoms with Gasteiger partial charge in [-0.15, -0.1) is 0 Å². The van der Waals surface area contributed by atoms with Crippen molar-refractivity contribution in [2.75, 3.05) is 13.2 Å². The van der Waals surface area contributed by atoms with Crippen LogP contribution in [-0.2, 0) is 9.47 Å². The summed E-state index contributed by atoms with van der Waals surface area (Å²) in [6.07, 6.45) is 6.62. The van der Waals surface area contributed by atoms with E-state index in [9.17, 15) is 10.2 Å². The van der Waals surface area contributed by atoms with Gasteiger partial charge in [-0.1, -0.05) is 50.6 Å². The first-order chi connectivity index (χ1) is 18.1. The molecule has 0 unspecified atom stereocenters. The lowest BCUT2D eigenvalue weighted by Crippen LogP contribution is -2.57. The molecule has 0 radical (unpaired) electrons. The van der Waals surface area contributed by atoms with Crippen LogP contribution >= 0.6 is 11.3 Å². The number of hydrogen-bond acceptors (Lipinski definition) is 5. The molecule has 2 N–H and O–H groups in total. The lowest BCUT2D eigenvalue weighted by molar-refractivity contribution is -0.322. The van der Waals surface area contributed by atoms with Crippen molar-refractivity contribution in [1.82, 2.24) is 0 Å². The van der Waals surface area contributed by atoms with Crippen molar-refractivity contribution in [3.63, 3.8) is 0 Å². The Morgan fingerprint density at radius 1 is 0.921 bits per heavy atom. The Kier molecular flexibility index (Phi) is 5.86. The molecule has 1 aliphatic heterocycles. The van der Waals surface area contributed by atoms with Crippen molar-refractivity contribution in [2.24, 2.45) is 22.7 Å². The molecule has 4 aliphatic carbocycles. The molecule has 1 saturated heterocycles. The summed E-state index contributed by atoms with van der Waals surface area (Å²) in [5.74, 6) is 0.494. The minimum atomic E-state index is -0.870. The van der Waals surface area contributed by atoms with E-state index in [4.69, 9.17) is 9.47 Å². The van der Waals surface area contributed by atoms with Crippen molar-refractivity contribution in [1.29, 1.82) is 0 Å². The topological polar surface area (TPSA) is 58.9 Å². The lowest BCUT2D eigenvalue weighted by Gasteiger charge is -2.57. The zero-order chi connectivity index (χ0) is 26.3. The van der Waals surface area contributed by atoms with Crippen LogP contribution in [0.5, 0.6) is 0 Å². The van der Waals surface area contributed by atoms with E-state index in [1.807, 2.05) is 0 Å². The van der Waals surface area contributed by atoms with Crippen molar-refractivity contribution in [3.05, 3.63) is 57.8 Å². The van der Waals surface area contributed by atoms with Gasteiger partial charge in [0.15, 0.2) is 5.79 Å². The summed E-state index contributed by atoms with van der Waals surface area (Å²) in [7, 11) is 0. The summed E-state index contributed by atoms with van der Waals surface area (Å²) in [5.41, 5.74) is 5.68. The van der Waals surface area contributed by atoms with Crippen molar-refractivity contribution in [3.8, 4) is 11.1 Å². The number of aliphatic hydroxyl groups is 2. The molecule has 5 aliphatic rings. The third-order valence-corrected chi connectivity index (χ3v) is 11.7. The Bertz CT molecular complexity index is 1220. The van der Waals surface area contributed by atoms with Crippen LogP contribution in [0.4, 0.5) is 0 Å². The third-order valence-electron chi connectivity index (χ3n) is 11.0. The Balaban J connectivity index is 1.28. The highest BCUT2D eigenvalue weighted by molar-refractivity contribution is 7.08. The molecule has 2 heterocycles. The van der Waals surface area contributed by atoms with Gasteiger partial charge < -0.3 is 19.7 Å². The van der Waals surface area contributed by atoms with Gasteiger partial charge in [-0.3, -0.25) is 0 Å². The number of benzene rings is 1. The number of ether oxygens (including phenoxy) is 2. The predicted molar refractivity (Wildman–Crippen MR) is 151 cm³/mol. The maximum Gasteiger partial charge on any atom is 0.171 e. The van der Waals surface area contributed by atoms with Crippen LogP contribution in [0.1, 0.15) is 83.6 Å². The van der Waals surface area contributed by atoms with Crippen LogP contribution in [0.3, 0.4) is 0 Å². The van der Waals surface area contributed by atoms with Crippen LogP contribution in [0.2, 0.25) is 0 Å². The van der Waals surface area contributed by atoms with Crippen LogP contribution < -0.4 is 0 Å². The number of thiophene rings is 1. The van der Waals surface area contributed by atoms with Gasteiger partial charge in [-0.25, -0.2) is 0 Å². The van der Waals surface area contributed by atoms with Gasteiger partial charge in [-0.05, 0) is 94.9 Å². The minimum Gasteiger partial charge on any atom is -0.393 e. The molecule has 1 spiro atoms. The Labute approximate surface area is 231 Å². The van der Waals surface area contributed by atoms with Gasteiger partial charge in [0.05, 0.1) is 24.9 Å². The normalized spacial score (nSPS) is 39.5. The number of fused-ring (bicyclic) bond motifs is 4. The summed E-state index contributed by atoms with van der Waals surface area (Å²) in [4.78, 5) is 0. The monoisotopic (exact) mass is 534 g/mol. The summed E-state index contributed by atoms with van der Waals surface area (Å²) >= 11 is 1.73. The average molecular weight is 535 g/mol. The summed E-state index contributed by atoms with van der Waals surface area (Å²) in [5, 5.41) is 27.8. The van der Waals surface area contributed by atoms with E-state index in [-0.39, 0.29) is 22.9 Å². The van der Waals surface area contributed by atoms with Gasteiger partial charge in [0, 0.05) is 24.2 Å². The second kappa shape index (κ2) is 8.75. The fourth-order valence-corrected chi connectivity index (χ4v) is 9.53. The Morgan fingerprint density at radius 2 is 1.68 bits per heavy atom. The molecule has 1 aromatic heterocycles. The number of allylic oxidation sites excluding steroid dienone is 1.